The molecular weight excluding hydrogens is 725 g/mol. The van der Waals surface area contributed by atoms with Crippen molar-refractivity contribution >= 4 is 64.4 Å². The van der Waals surface area contributed by atoms with Gasteiger partial charge in [-0.1, -0.05) is 6.07 Å². The van der Waals surface area contributed by atoms with Crippen LogP contribution in [0.1, 0.15) is 66.4 Å². The molecule has 1 aromatic heterocycles. The number of fused-ring (bicyclic) bond motifs is 2. The Bertz CT molecular complexity index is 2190. The molecule has 6 N–H and O–H groups in total. The first-order valence-electron chi connectivity index (χ1n) is 18.5. The number of piperidine rings is 1. The van der Waals surface area contributed by atoms with Crippen LogP contribution in [-0.4, -0.2) is 126 Å². The number of carbonyl (C=O) groups excluding carboxylic acids is 7. The van der Waals surface area contributed by atoms with Gasteiger partial charge in [-0.05, 0) is 62.2 Å². The molecule has 2 fully saturated rings. The Kier molecular flexibility index (Phi) is 10.8. The molecule has 0 aliphatic carbocycles. The maximum atomic E-state index is 13.9. The van der Waals surface area contributed by atoms with E-state index in [1.165, 1.54) is 24.3 Å². The van der Waals surface area contributed by atoms with Gasteiger partial charge in [0.1, 0.15) is 11.9 Å². The minimum absolute atomic E-state index is 0.0355. The van der Waals surface area contributed by atoms with E-state index in [2.05, 4.69) is 41.4 Å². The molecule has 16 nitrogen and oxygen atoms in total. The number of carbonyl (C=O) groups is 7. The Balaban J connectivity index is 0.822. The lowest BCUT2D eigenvalue weighted by Crippen LogP contribution is -2.54. The van der Waals surface area contributed by atoms with Crippen molar-refractivity contribution in [2.45, 2.75) is 32.7 Å². The van der Waals surface area contributed by atoms with Crippen molar-refractivity contribution < 1.29 is 38.0 Å². The van der Waals surface area contributed by atoms with E-state index in [-0.39, 0.29) is 61.3 Å². The average Bonchev–Trinajstić information content (AvgIpc) is 3.73. The number of aromatic nitrogens is 1. The number of halogens is 1. The molecular formula is C39H42FN9O7. The highest BCUT2D eigenvalue weighted by Crippen LogP contribution is 2.35. The molecule has 4 aliphatic rings. The quantitative estimate of drug-likeness (QED) is 0.0884. The van der Waals surface area contributed by atoms with E-state index < -0.39 is 35.5 Å². The summed E-state index contributed by atoms with van der Waals surface area (Å²) in [6.45, 7) is 8.18. The highest BCUT2D eigenvalue weighted by molar-refractivity contribution is 6.35. The Labute approximate surface area is 321 Å². The van der Waals surface area contributed by atoms with Crippen molar-refractivity contribution in [3.63, 3.8) is 0 Å². The number of hydrogen-bond donors (Lipinski definition) is 6. The van der Waals surface area contributed by atoms with Gasteiger partial charge in [-0.3, -0.25) is 53.6 Å². The molecule has 1 atom stereocenters. The Hall–Kier alpha value is -6.20. The van der Waals surface area contributed by atoms with Gasteiger partial charge in [-0.15, -0.1) is 0 Å². The lowest BCUT2D eigenvalue weighted by molar-refractivity contribution is -0.136. The molecule has 1 unspecified atom stereocenters. The smallest absolute Gasteiger partial charge is 0.264 e. The summed E-state index contributed by atoms with van der Waals surface area (Å²) in [6.07, 6.45) is 1.74. The summed E-state index contributed by atoms with van der Waals surface area (Å²) in [6, 6.07) is 7.88. The SMILES string of the molecule is Cc1[nH]c(/C=C2\C(=O)Nc3ccc(F)cc32)c(C)c1C(=O)NCCN1CCN(CC(=O)NCCNc2cccc3c2C(=O)N(C2CCC(=O)NC2=O)C3=O)CC1. The maximum Gasteiger partial charge on any atom is 0.264 e. The predicted molar refractivity (Wildman–Crippen MR) is 203 cm³/mol. The molecule has 0 bridgehead atoms. The largest absolute Gasteiger partial charge is 0.383 e. The van der Waals surface area contributed by atoms with E-state index in [9.17, 15) is 38.0 Å². The molecule has 7 amide bonds. The van der Waals surface area contributed by atoms with Crippen molar-refractivity contribution in [1.82, 2.24) is 35.6 Å². The first-order valence-corrected chi connectivity index (χ1v) is 18.5. The van der Waals surface area contributed by atoms with Crippen LogP contribution in [0.25, 0.3) is 11.6 Å². The number of imide groups is 2. The second-order valence-electron chi connectivity index (χ2n) is 14.2. The summed E-state index contributed by atoms with van der Waals surface area (Å²) >= 11 is 0. The van der Waals surface area contributed by atoms with Crippen molar-refractivity contribution in [2.24, 2.45) is 0 Å². The van der Waals surface area contributed by atoms with Gasteiger partial charge in [0.15, 0.2) is 0 Å². The normalized spacial score (nSPS) is 19.2. The van der Waals surface area contributed by atoms with Crippen LogP contribution in [0.15, 0.2) is 36.4 Å². The summed E-state index contributed by atoms with van der Waals surface area (Å²) < 4.78 is 13.9. The maximum absolute atomic E-state index is 13.9. The lowest BCUT2D eigenvalue weighted by atomic mass is 10.0. The molecule has 0 saturated carbocycles. The second kappa shape index (κ2) is 15.9. The third kappa shape index (κ3) is 7.67. The van der Waals surface area contributed by atoms with Crippen LogP contribution < -0.4 is 26.6 Å². The van der Waals surface area contributed by atoms with E-state index >= 15 is 0 Å². The van der Waals surface area contributed by atoms with Crippen LogP contribution in [-0.2, 0) is 19.2 Å². The van der Waals surface area contributed by atoms with Gasteiger partial charge in [-0.25, -0.2) is 4.39 Å². The van der Waals surface area contributed by atoms with Gasteiger partial charge in [0.25, 0.3) is 23.6 Å². The van der Waals surface area contributed by atoms with Gasteiger partial charge in [0.05, 0.1) is 28.8 Å². The molecule has 0 spiro atoms. The lowest BCUT2D eigenvalue weighted by Gasteiger charge is -2.34. The molecule has 292 valence electrons. The Morgan fingerprint density at radius 3 is 2.43 bits per heavy atom. The van der Waals surface area contributed by atoms with Crippen molar-refractivity contribution in [1.29, 1.82) is 0 Å². The van der Waals surface area contributed by atoms with Crippen LogP contribution in [0.2, 0.25) is 0 Å². The number of piperazine rings is 1. The number of anilines is 2. The fourth-order valence-corrected chi connectivity index (χ4v) is 7.61. The summed E-state index contributed by atoms with van der Waals surface area (Å²) in [5, 5.41) is 13.9. The van der Waals surface area contributed by atoms with Gasteiger partial charge >= 0.3 is 0 Å². The van der Waals surface area contributed by atoms with Crippen LogP contribution in [0.4, 0.5) is 15.8 Å². The van der Waals surface area contributed by atoms with E-state index in [1.807, 2.05) is 0 Å². The van der Waals surface area contributed by atoms with Gasteiger partial charge in [0, 0.05) is 87.1 Å². The van der Waals surface area contributed by atoms with Gasteiger partial charge in [0.2, 0.25) is 17.7 Å². The predicted octanol–water partition coefficient (Wildman–Crippen LogP) is 1.24. The topological polar surface area (TPSA) is 205 Å². The molecule has 2 aromatic carbocycles. The van der Waals surface area contributed by atoms with Gasteiger partial charge < -0.3 is 26.3 Å². The number of aryl methyl sites for hydroxylation is 1. The fraction of sp³-hybridized carbons (Fsp3) is 0.359. The number of hydrogen-bond acceptors (Lipinski definition) is 10. The standard InChI is InChI=1S/C39H42FN9O7/c1-21-29(19-26-25-18-23(40)6-7-27(25)45-35(26)52)44-22(2)33(21)37(54)43-12-13-47-14-16-48(17-15-47)20-32(51)42-11-10-41-28-5-3-4-24-34(28)39(56)49(38(24)55)30-8-9-31(50)46-36(30)53/h3-7,18-19,30,41,44H,8-17,20H2,1-2H3,(H,42,51)(H,43,54)(H,45,52)(H,46,50,53)/b26-19-. The number of rotatable bonds is 12. The number of benzene rings is 2. The molecule has 3 aromatic rings. The number of nitrogens with one attached hydrogen (secondary N) is 6. The third-order valence-electron chi connectivity index (χ3n) is 10.5. The van der Waals surface area contributed by atoms with Crippen LogP contribution in [0, 0.1) is 19.7 Å². The first-order chi connectivity index (χ1) is 26.9. The van der Waals surface area contributed by atoms with Crippen LogP contribution in [0.3, 0.4) is 0 Å². The summed E-state index contributed by atoms with van der Waals surface area (Å²) in [7, 11) is 0. The molecule has 56 heavy (non-hydrogen) atoms. The molecule has 0 radical (unpaired) electrons. The van der Waals surface area contributed by atoms with E-state index in [1.54, 1.807) is 32.1 Å². The van der Waals surface area contributed by atoms with E-state index in [4.69, 9.17) is 0 Å². The molecule has 7 rings (SSSR count). The molecule has 2 saturated heterocycles. The zero-order valence-electron chi connectivity index (χ0n) is 31.0. The number of aromatic amines is 1. The molecule has 17 heteroatoms. The highest BCUT2D eigenvalue weighted by Gasteiger charge is 2.45. The van der Waals surface area contributed by atoms with Crippen molar-refractivity contribution in [2.75, 3.05) is 69.5 Å². The monoisotopic (exact) mass is 767 g/mol. The summed E-state index contributed by atoms with van der Waals surface area (Å²) in [5.74, 6) is -3.49. The number of nitrogens with zero attached hydrogens (tertiary/aromatic N) is 3. The van der Waals surface area contributed by atoms with Crippen molar-refractivity contribution in [3.8, 4) is 0 Å². The van der Waals surface area contributed by atoms with Crippen LogP contribution in [0.5, 0.6) is 0 Å². The van der Waals surface area contributed by atoms with Crippen LogP contribution >= 0.6 is 0 Å². The minimum atomic E-state index is -1.05. The summed E-state index contributed by atoms with van der Waals surface area (Å²) in [4.78, 5) is 97.2. The minimum Gasteiger partial charge on any atom is -0.383 e. The number of H-pyrrole nitrogens is 1. The third-order valence-corrected chi connectivity index (χ3v) is 10.5. The van der Waals surface area contributed by atoms with E-state index in [0.29, 0.717) is 71.2 Å². The zero-order chi connectivity index (χ0) is 39.7. The van der Waals surface area contributed by atoms with Gasteiger partial charge in [-0.2, -0.15) is 0 Å². The zero-order valence-corrected chi connectivity index (χ0v) is 31.0. The number of amides is 7. The fourth-order valence-electron chi connectivity index (χ4n) is 7.61. The van der Waals surface area contributed by atoms with Crippen molar-refractivity contribution in [3.05, 3.63) is 81.4 Å². The van der Waals surface area contributed by atoms with E-state index in [0.717, 1.165) is 18.0 Å². The second-order valence-corrected chi connectivity index (χ2v) is 14.2. The summed E-state index contributed by atoms with van der Waals surface area (Å²) in [5.41, 5.74) is 4.49. The molecule has 4 aliphatic heterocycles. The Morgan fingerprint density at radius 1 is 0.893 bits per heavy atom. The highest BCUT2D eigenvalue weighted by atomic mass is 19.1. The molecule has 5 heterocycles. The first kappa shape index (κ1) is 38.1. The average molecular weight is 768 g/mol. The Morgan fingerprint density at radius 2 is 1.66 bits per heavy atom.